The van der Waals surface area contributed by atoms with E-state index in [1.54, 1.807) is 11.2 Å². The highest BCUT2D eigenvalue weighted by molar-refractivity contribution is 5.68. The molecular weight excluding hydrogens is 346 g/mol. The van der Waals surface area contributed by atoms with Crippen LogP contribution in [0.15, 0.2) is 6.33 Å². The van der Waals surface area contributed by atoms with Crippen LogP contribution < -0.4 is 15.0 Å². The highest BCUT2D eigenvalue weighted by Gasteiger charge is 2.28. The molecule has 0 unspecified atom stereocenters. The number of amides is 1. The Hall–Kier alpha value is -2.09. The van der Waals surface area contributed by atoms with E-state index in [0.717, 1.165) is 50.4 Å². The van der Waals surface area contributed by atoms with Gasteiger partial charge in [0.25, 0.3) is 0 Å². The SMILES string of the molecule is Cc1c(OC2CCN(C(=O)OC(C)(C)C)CC2)ncnc1N1CCNCC1. The molecule has 0 atom stereocenters. The van der Waals surface area contributed by atoms with Crippen LogP contribution in [0.25, 0.3) is 0 Å². The third-order valence-corrected chi connectivity index (χ3v) is 4.80. The topological polar surface area (TPSA) is 79.8 Å². The maximum absolute atomic E-state index is 12.2. The quantitative estimate of drug-likeness (QED) is 0.863. The number of rotatable bonds is 3. The normalized spacial score (nSPS) is 19.1. The van der Waals surface area contributed by atoms with Gasteiger partial charge in [-0.15, -0.1) is 0 Å². The van der Waals surface area contributed by atoms with Crippen LogP contribution in [0.5, 0.6) is 5.88 Å². The summed E-state index contributed by atoms with van der Waals surface area (Å²) in [5, 5.41) is 3.35. The maximum Gasteiger partial charge on any atom is 0.410 e. The summed E-state index contributed by atoms with van der Waals surface area (Å²) in [6.45, 7) is 12.7. The number of piperazine rings is 1. The molecule has 8 heteroatoms. The summed E-state index contributed by atoms with van der Waals surface area (Å²) < 4.78 is 11.6. The first-order chi connectivity index (χ1) is 12.8. The molecule has 0 saturated carbocycles. The van der Waals surface area contributed by atoms with Crippen LogP contribution in [0, 0.1) is 6.92 Å². The minimum Gasteiger partial charge on any atom is -0.474 e. The van der Waals surface area contributed by atoms with Crippen LogP contribution in [0.1, 0.15) is 39.2 Å². The number of carbonyl (C=O) groups excluding carboxylic acids is 1. The first-order valence-electron chi connectivity index (χ1n) is 9.75. The Kier molecular flexibility index (Phi) is 6.04. The van der Waals surface area contributed by atoms with Crippen LogP contribution >= 0.6 is 0 Å². The minimum absolute atomic E-state index is 0.0492. The number of anilines is 1. The van der Waals surface area contributed by atoms with E-state index in [2.05, 4.69) is 20.2 Å². The van der Waals surface area contributed by atoms with E-state index in [0.29, 0.717) is 19.0 Å². The van der Waals surface area contributed by atoms with Gasteiger partial charge in [0, 0.05) is 52.1 Å². The smallest absolute Gasteiger partial charge is 0.410 e. The molecule has 3 rings (SSSR count). The molecule has 27 heavy (non-hydrogen) atoms. The summed E-state index contributed by atoms with van der Waals surface area (Å²) >= 11 is 0. The van der Waals surface area contributed by atoms with Crippen molar-refractivity contribution < 1.29 is 14.3 Å². The van der Waals surface area contributed by atoms with Gasteiger partial charge in [0.05, 0.1) is 5.56 Å². The van der Waals surface area contributed by atoms with Crippen molar-refractivity contribution in [3.05, 3.63) is 11.9 Å². The second-order valence-corrected chi connectivity index (χ2v) is 8.15. The molecule has 150 valence electrons. The van der Waals surface area contributed by atoms with Gasteiger partial charge in [-0.05, 0) is 27.7 Å². The van der Waals surface area contributed by atoms with E-state index in [4.69, 9.17) is 9.47 Å². The Labute approximate surface area is 161 Å². The van der Waals surface area contributed by atoms with Gasteiger partial charge in [-0.3, -0.25) is 0 Å². The highest BCUT2D eigenvalue weighted by atomic mass is 16.6. The fourth-order valence-electron chi connectivity index (χ4n) is 3.38. The molecule has 3 heterocycles. The van der Waals surface area contributed by atoms with E-state index in [1.165, 1.54) is 0 Å². The number of hydrogen-bond acceptors (Lipinski definition) is 7. The summed E-state index contributed by atoms with van der Waals surface area (Å²) in [6, 6.07) is 0. The van der Waals surface area contributed by atoms with Gasteiger partial charge >= 0.3 is 6.09 Å². The van der Waals surface area contributed by atoms with Gasteiger partial charge in [-0.25, -0.2) is 14.8 Å². The van der Waals surface area contributed by atoms with Crippen molar-refractivity contribution >= 4 is 11.9 Å². The fourth-order valence-corrected chi connectivity index (χ4v) is 3.38. The van der Waals surface area contributed by atoms with Crippen molar-refractivity contribution in [3.8, 4) is 5.88 Å². The zero-order chi connectivity index (χ0) is 19.4. The zero-order valence-electron chi connectivity index (χ0n) is 16.8. The van der Waals surface area contributed by atoms with E-state index >= 15 is 0 Å². The number of carbonyl (C=O) groups is 1. The lowest BCUT2D eigenvalue weighted by Gasteiger charge is -2.34. The zero-order valence-corrected chi connectivity index (χ0v) is 16.8. The van der Waals surface area contributed by atoms with E-state index < -0.39 is 5.60 Å². The van der Waals surface area contributed by atoms with Crippen LogP contribution in [-0.4, -0.2) is 71.9 Å². The molecule has 1 aromatic heterocycles. The van der Waals surface area contributed by atoms with E-state index in [9.17, 15) is 4.79 Å². The molecule has 8 nitrogen and oxygen atoms in total. The largest absolute Gasteiger partial charge is 0.474 e. The highest BCUT2D eigenvalue weighted by Crippen LogP contribution is 2.27. The standard InChI is InChI=1S/C19H31N5O3/c1-14-16(23-11-7-20-8-12-23)21-13-22-17(14)26-15-5-9-24(10-6-15)18(25)27-19(2,3)4/h13,15,20H,5-12H2,1-4H3. The minimum atomic E-state index is -0.469. The first kappa shape index (κ1) is 19.7. The molecule has 2 aliphatic heterocycles. The molecule has 1 N–H and O–H groups in total. The molecule has 2 aliphatic rings. The van der Waals surface area contributed by atoms with Crippen LogP contribution in [-0.2, 0) is 4.74 Å². The Morgan fingerprint density at radius 2 is 1.81 bits per heavy atom. The number of nitrogens with zero attached hydrogens (tertiary/aromatic N) is 4. The van der Waals surface area contributed by atoms with Crippen molar-refractivity contribution in [3.63, 3.8) is 0 Å². The second kappa shape index (κ2) is 8.29. The number of piperidine rings is 1. The first-order valence-corrected chi connectivity index (χ1v) is 9.75. The molecule has 0 bridgehead atoms. The van der Waals surface area contributed by atoms with Crippen LogP contribution in [0.4, 0.5) is 10.6 Å². The lowest BCUT2D eigenvalue weighted by Crippen LogP contribution is -2.44. The van der Waals surface area contributed by atoms with Gasteiger partial charge in [0.15, 0.2) is 0 Å². The van der Waals surface area contributed by atoms with Gasteiger partial charge in [-0.2, -0.15) is 0 Å². The fraction of sp³-hybridized carbons (Fsp3) is 0.737. The average Bonchev–Trinajstić information content (AvgIpc) is 2.63. The Morgan fingerprint density at radius 1 is 1.15 bits per heavy atom. The molecule has 1 aromatic rings. The predicted octanol–water partition coefficient (Wildman–Crippen LogP) is 1.97. The van der Waals surface area contributed by atoms with Gasteiger partial charge in [-0.1, -0.05) is 0 Å². The van der Waals surface area contributed by atoms with Gasteiger partial charge < -0.3 is 24.6 Å². The van der Waals surface area contributed by atoms with E-state index in [1.807, 2.05) is 27.7 Å². The number of nitrogens with one attached hydrogen (secondary N) is 1. The summed E-state index contributed by atoms with van der Waals surface area (Å²) in [4.78, 5) is 25.0. The molecule has 1 amide bonds. The molecule has 0 spiro atoms. The number of aromatic nitrogens is 2. The summed E-state index contributed by atoms with van der Waals surface area (Å²) in [7, 11) is 0. The third kappa shape index (κ3) is 5.22. The Morgan fingerprint density at radius 3 is 2.44 bits per heavy atom. The summed E-state index contributed by atoms with van der Waals surface area (Å²) in [6.07, 6.45) is 2.92. The van der Waals surface area contributed by atoms with Crippen LogP contribution in [0.3, 0.4) is 0 Å². The third-order valence-electron chi connectivity index (χ3n) is 4.80. The summed E-state index contributed by atoms with van der Waals surface area (Å²) in [5.41, 5.74) is 0.511. The van der Waals surface area contributed by atoms with Crippen molar-refractivity contribution in [1.82, 2.24) is 20.2 Å². The molecule has 2 fully saturated rings. The predicted molar refractivity (Wildman–Crippen MR) is 103 cm³/mol. The number of likely N-dealkylation sites (tertiary alicyclic amines) is 1. The lowest BCUT2D eigenvalue weighted by molar-refractivity contribution is 0.0122. The summed E-state index contributed by atoms with van der Waals surface area (Å²) in [5.74, 6) is 1.60. The Bertz CT molecular complexity index is 647. The number of hydrogen-bond donors (Lipinski definition) is 1. The molecular formula is C19H31N5O3. The Balaban J connectivity index is 1.57. The van der Waals surface area contributed by atoms with Gasteiger partial charge in [0.1, 0.15) is 23.9 Å². The van der Waals surface area contributed by atoms with Crippen molar-refractivity contribution in [1.29, 1.82) is 0 Å². The second-order valence-electron chi connectivity index (χ2n) is 8.15. The number of ether oxygens (including phenoxy) is 2. The van der Waals surface area contributed by atoms with Gasteiger partial charge in [0.2, 0.25) is 5.88 Å². The molecule has 0 aliphatic carbocycles. The van der Waals surface area contributed by atoms with Crippen molar-refractivity contribution in [2.24, 2.45) is 0 Å². The van der Waals surface area contributed by atoms with E-state index in [-0.39, 0.29) is 12.2 Å². The monoisotopic (exact) mass is 377 g/mol. The molecule has 0 radical (unpaired) electrons. The molecule has 2 saturated heterocycles. The van der Waals surface area contributed by atoms with Crippen molar-refractivity contribution in [2.75, 3.05) is 44.2 Å². The lowest BCUT2D eigenvalue weighted by atomic mass is 10.1. The van der Waals surface area contributed by atoms with Crippen molar-refractivity contribution in [2.45, 2.75) is 52.2 Å². The average molecular weight is 377 g/mol. The van der Waals surface area contributed by atoms with Crippen LogP contribution in [0.2, 0.25) is 0 Å². The molecule has 0 aromatic carbocycles. The maximum atomic E-state index is 12.2.